The molecule has 0 aliphatic heterocycles. The fraction of sp³-hybridized carbons (Fsp3) is 0.167. The quantitative estimate of drug-likeness (QED) is 0.530. The summed E-state index contributed by atoms with van der Waals surface area (Å²) in [4.78, 5) is 10.3. The highest BCUT2D eigenvalue weighted by Gasteiger charge is 2.36. The number of hydrogen-bond donors (Lipinski definition) is 2. The number of hydrogen-bond acceptors (Lipinski definition) is 5. The second-order valence-corrected chi connectivity index (χ2v) is 5.99. The highest BCUT2D eigenvalue weighted by Crippen LogP contribution is 2.32. The molecule has 0 spiro atoms. The number of nitrogens with zero attached hydrogens (tertiary/aromatic N) is 3. The van der Waals surface area contributed by atoms with Crippen LogP contribution < -0.4 is 10.6 Å². The zero-order valence-electron chi connectivity index (χ0n) is 14.8. The molecule has 158 valence electrons. The molecule has 5 nitrogen and oxygen atoms in total. The van der Waals surface area contributed by atoms with Gasteiger partial charge >= 0.3 is 12.4 Å². The monoisotopic (exact) mass is 431 g/mol. The van der Waals surface area contributed by atoms with Gasteiger partial charge in [-0.1, -0.05) is 18.2 Å². The van der Waals surface area contributed by atoms with Gasteiger partial charge in [0, 0.05) is 12.2 Å². The summed E-state index contributed by atoms with van der Waals surface area (Å²) in [6.07, 6.45) is -9.55. The lowest BCUT2D eigenvalue weighted by Gasteiger charge is -2.13. The summed E-state index contributed by atoms with van der Waals surface area (Å²) in [5.41, 5.74) is -0.612. The number of rotatable bonds is 5. The van der Waals surface area contributed by atoms with E-state index in [2.05, 4.69) is 25.6 Å². The minimum absolute atomic E-state index is 0.0232. The SMILES string of the molecule is Fc1ccc(CNc2nc(Nc3cccc(C(F)(F)F)c3)nc(C(F)(F)F)n2)cc1. The van der Waals surface area contributed by atoms with Gasteiger partial charge in [-0.2, -0.15) is 41.3 Å². The maximum Gasteiger partial charge on any atom is 0.451 e. The average molecular weight is 431 g/mol. The summed E-state index contributed by atoms with van der Waals surface area (Å²) < 4.78 is 90.8. The Balaban J connectivity index is 1.86. The predicted octanol–water partition coefficient (Wildman–Crippen LogP) is 5.40. The third-order valence-corrected chi connectivity index (χ3v) is 3.70. The van der Waals surface area contributed by atoms with E-state index in [0.29, 0.717) is 11.6 Å². The maximum atomic E-state index is 13.1. The van der Waals surface area contributed by atoms with E-state index in [1.54, 1.807) is 0 Å². The van der Waals surface area contributed by atoms with Crippen LogP contribution in [0.2, 0.25) is 0 Å². The van der Waals surface area contributed by atoms with Gasteiger partial charge in [0.05, 0.1) is 5.56 Å². The van der Waals surface area contributed by atoms with E-state index in [-0.39, 0.29) is 12.2 Å². The van der Waals surface area contributed by atoms with Gasteiger partial charge in [0.15, 0.2) is 0 Å². The van der Waals surface area contributed by atoms with Gasteiger partial charge in [-0.15, -0.1) is 0 Å². The van der Waals surface area contributed by atoms with Crippen molar-refractivity contribution in [1.29, 1.82) is 0 Å². The zero-order chi connectivity index (χ0) is 21.9. The molecule has 2 N–H and O–H groups in total. The summed E-state index contributed by atoms with van der Waals surface area (Å²) in [7, 11) is 0. The van der Waals surface area contributed by atoms with Gasteiger partial charge in [-0.25, -0.2) is 4.39 Å². The smallest absolute Gasteiger partial charge is 0.350 e. The predicted molar refractivity (Wildman–Crippen MR) is 93.3 cm³/mol. The minimum Gasteiger partial charge on any atom is -0.350 e. The molecule has 0 radical (unpaired) electrons. The first kappa shape index (κ1) is 21.3. The van der Waals surface area contributed by atoms with Gasteiger partial charge in [0.25, 0.3) is 0 Å². The van der Waals surface area contributed by atoms with Crippen LogP contribution in [-0.2, 0) is 18.9 Å². The summed E-state index contributed by atoms with van der Waals surface area (Å²) in [6, 6.07) is 9.01. The number of benzene rings is 2. The largest absolute Gasteiger partial charge is 0.451 e. The van der Waals surface area contributed by atoms with Crippen LogP contribution in [0.4, 0.5) is 48.3 Å². The maximum absolute atomic E-state index is 13.1. The van der Waals surface area contributed by atoms with E-state index in [9.17, 15) is 30.7 Å². The fourth-order valence-electron chi connectivity index (χ4n) is 2.32. The second-order valence-electron chi connectivity index (χ2n) is 5.99. The lowest BCUT2D eigenvalue weighted by Crippen LogP contribution is -2.16. The fourth-order valence-corrected chi connectivity index (χ4v) is 2.32. The first-order chi connectivity index (χ1) is 14.0. The molecule has 1 heterocycles. The lowest BCUT2D eigenvalue weighted by molar-refractivity contribution is -0.144. The molecule has 3 rings (SSSR count). The molecule has 3 aromatic rings. The van der Waals surface area contributed by atoms with Crippen molar-refractivity contribution in [1.82, 2.24) is 15.0 Å². The second kappa shape index (κ2) is 8.13. The van der Waals surface area contributed by atoms with Crippen LogP contribution in [0.15, 0.2) is 48.5 Å². The Morgan fingerprint density at radius 2 is 1.43 bits per heavy atom. The van der Waals surface area contributed by atoms with E-state index in [0.717, 1.165) is 12.1 Å². The molecular weight excluding hydrogens is 419 g/mol. The van der Waals surface area contributed by atoms with Crippen LogP contribution in [0.5, 0.6) is 0 Å². The molecule has 0 saturated carbocycles. The molecule has 0 fully saturated rings. The van der Waals surface area contributed by atoms with Crippen LogP contribution in [0.1, 0.15) is 17.0 Å². The Labute approximate surface area is 165 Å². The van der Waals surface area contributed by atoms with Gasteiger partial charge < -0.3 is 10.6 Å². The normalized spacial score (nSPS) is 12.0. The van der Waals surface area contributed by atoms with Gasteiger partial charge in [-0.3, -0.25) is 0 Å². The van der Waals surface area contributed by atoms with Gasteiger partial charge in [0.2, 0.25) is 17.7 Å². The van der Waals surface area contributed by atoms with Crippen molar-refractivity contribution in [3.05, 3.63) is 71.3 Å². The number of halogens is 7. The van der Waals surface area contributed by atoms with E-state index >= 15 is 0 Å². The minimum atomic E-state index is -4.92. The van der Waals surface area contributed by atoms with Gasteiger partial charge in [-0.05, 0) is 35.9 Å². The van der Waals surface area contributed by atoms with E-state index < -0.39 is 41.5 Å². The zero-order valence-corrected chi connectivity index (χ0v) is 14.8. The topological polar surface area (TPSA) is 62.7 Å². The molecule has 0 amide bonds. The van der Waals surface area contributed by atoms with Crippen molar-refractivity contribution in [2.75, 3.05) is 10.6 Å². The van der Waals surface area contributed by atoms with Crippen LogP contribution >= 0.6 is 0 Å². The number of alkyl halides is 6. The van der Waals surface area contributed by atoms with Crippen molar-refractivity contribution in [3.63, 3.8) is 0 Å². The molecule has 12 heteroatoms. The molecule has 30 heavy (non-hydrogen) atoms. The molecule has 0 aliphatic rings. The van der Waals surface area contributed by atoms with Crippen LogP contribution in [0.3, 0.4) is 0 Å². The molecule has 0 aliphatic carbocycles. The Bertz CT molecular complexity index is 1020. The Morgan fingerprint density at radius 1 is 0.767 bits per heavy atom. The standard InChI is InChI=1S/C18H12F7N5/c19-12-6-4-10(5-7-12)9-26-15-28-14(18(23,24)25)29-16(30-15)27-13-3-1-2-11(8-13)17(20,21)22/h1-8H,9H2,(H2,26,27,28,29,30). The van der Waals surface area contributed by atoms with E-state index in [4.69, 9.17) is 0 Å². The van der Waals surface area contributed by atoms with Crippen molar-refractivity contribution in [3.8, 4) is 0 Å². The Morgan fingerprint density at radius 3 is 2.07 bits per heavy atom. The Hall–Kier alpha value is -3.44. The lowest BCUT2D eigenvalue weighted by atomic mass is 10.2. The molecule has 0 saturated heterocycles. The molecule has 0 atom stereocenters. The van der Waals surface area contributed by atoms with Crippen molar-refractivity contribution < 1.29 is 30.7 Å². The van der Waals surface area contributed by atoms with Gasteiger partial charge in [0.1, 0.15) is 5.82 Å². The molecule has 0 bridgehead atoms. The third kappa shape index (κ3) is 5.55. The van der Waals surface area contributed by atoms with Crippen molar-refractivity contribution in [2.45, 2.75) is 18.9 Å². The number of anilines is 3. The van der Waals surface area contributed by atoms with Crippen LogP contribution in [0, 0.1) is 5.82 Å². The van der Waals surface area contributed by atoms with Crippen LogP contribution in [-0.4, -0.2) is 15.0 Å². The Kier molecular flexibility index (Phi) is 5.76. The summed E-state index contributed by atoms with van der Waals surface area (Å²) in [5.74, 6) is -3.08. The summed E-state index contributed by atoms with van der Waals surface area (Å²) in [5, 5.41) is 4.87. The first-order valence-corrected chi connectivity index (χ1v) is 8.26. The van der Waals surface area contributed by atoms with E-state index in [1.165, 1.54) is 30.3 Å². The first-order valence-electron chi connectivity index (χ1n) is 8.26. The average Bonchev–Trinajstić information content (AvgIpc) is 2.66. The highest BCUT2D eigenvalue weighted by molar-refractivity contribution is 5.55. The van der Waals surface area contributed by atoms with E-state index in [1.807, 2.05) is 0 Å². The summed E-state index contributed by atoms with van der Waals surface area (Å²) in [6.45, 7) is -0.0232. The molecular formula is C18H12F7N5. The number of nitrogens with one attached hydrogen (secondary N) is 2. The third-order valence-electron chi connectivity index (χ3n) is 3.70. The number of aromatic nitrogens is 3. The summed E-state index contributed by atoms with van der Waals surface area (Å²) >= 11 is 0. The molecule has 1 aromatic heterocycles. The van der Waals surface area contributed by atoms with Crippen molar-refractivity contribution >= 4 is 17.6 Å². The molecule has 0 unspecified atom stereocenters. The highest BCUT2D eigenvalue weighted by atomic mass is 19.4. The van der Waals surface area contributed by atoms with Crippen molar-refractivity contribution in [2.24, 2.45) is 0 Å². The molecule has 2 aromatic carbocycles. The van der Waals surface area contributed by atoms with Crippen LogP contribution in [0.25, 0.3) is 0 Å².